The van der Waals surface area contributed by atoms with Crippen molar-refractivity contribution in [3.63, 3.8) is 0 Å². The van der Waals surface area contributed by atoms with Crippen LogP contribution in [0.15, 0.2) is 12.2 Å². The molecule has 4 atom stereocenters. The van der Waals surface area contributed by atoms with Crippen molar-refractivity contribution in [3.05, 3.63) is 12.2 Å². The maximum Gasteiger partial charge on any atom is 0.249 e. The minimum absolute atomic E-state index is 0.371. The van der Waals surface area contributed by atoms with Gasteiger partial charge >= 0.3 is 0 Å². The minimum atomic E-state index is -1.26. The Labute approximate surface area is 387 Å². The first-order valence-corrected chi connectivity index (χ1v) is 28.1. The van der Waals surface area contributed by atoms with Crippen LogP contribution in [0.4, 0.5) is 0 Å². The van der Waals surface area contributed by atoms with Crippen LogP contribution in [0.25, 0.3) is 0 Å². The van der Waals surface area contributed by atoms with Gasteiger partial charge in [0.2, 0.25) is 5.91 Å². The van der Waals surface area contributed by atoms with Crippen LogP contribution in [-0.2, 0) is 4.79 Å². The van der Waals surface area contributed by atoms with Gasteiger partial charge in [0.15, 0.2) is 0 Å². The van der Waals surface area contributed by atoms with Gasteiger partial charge < -0.3 is 25.7 Å². The molecular weight excluding hydrogens is 767 g/mol. The molecule has 5 N–H and O–H groups in total. The topological polar surface area (TPSA) is 110 Å². The molecule has 0 fully saturated rings. The molecule has 0 rings (SSSR count). The lowest BCUT2D eigenvalue weighted by Gasteiger charge is -2.27. The number of rotatable bonds is 52. The van der Waals surface area contributed by atoms with Crippen molar-refractivity contribution in [2.45, 2.75) is 334 Å². The Kier molecular flexibility index (Phi) is 50.3. The van der Waals surface area contributed by atoms with Crippen molar-refractivity contribution >= 4 is 5.91 Å². The minimum Gasteiger partial charge on any atom is -0.394 e. The summed E-state index contributed by atoms with van der Waals surface area (Å²) in [5.41, 5.74) is 0. The van der Waals surface area contributed by atoms with Crippen molar-refractivity contribution in [1.29, 1.82) is 0 Å². The van der Waals surface area contributed by atoms with Gasteiger partial charge in [-0.2, -0.15) is 0 Å². The monoisotopic (exact) mass is 878 g/mol. The van der Waals surface area contributed by atoms with Gasteiger partial charge in [-0.1, -0.05) is 283 Å². The van der Waals surface area contributed by atoms with Gasteiger partial charge in [0, 0.05) is 0 Å². The Morgan fingerprint density at radius 1 is 0.387 bits per heavy atom. The number of unbranched alkanes of at least 4 members (excludes halogenated alkanes) is 41. The maximum absolute atomic E-state index is 12.6. The number of amides is 1. The van der Waals surface area contributed by atoms with Crippen LogP contribution in [0, 0.1) is 0 Å². The van der Waals surface area contributed by atoms with E-state index >= 15 is 0 Å². The fourth-order valence-electron chi connectivity index (χ4n) is 9.05. The lowest BCUT2D eigenvalue weighted by atomic mass is 9.99. The van der Waals surface area contributed by atoms with Gasteiger partial charge in [0.1, 0.15) is 12.2 Å². The molecule has 0 saturated heterocycles. The number of aliphatic hydroxyl groups is 4. The van der Waals surface area contributed by atoms with Gasteiger partial charge in [-0.15, -0.1) is 0 Å². The second-order valence-electron chi connectivity index (χ2n) is 19.6. The molecule has 0 bridgehead atoms. The first-order valence-electron chi connectivity index (χ1n) is 28.1. The zero-order chi connectivity index (χ0) is 45.2. The van der Waals surface area contributed by atoms with Crippen molar-refractivity contribution in [2.24, 2.45) is 0 Å². The Hall–Kier alpha value is -0.950. The summed E-state index contributed by atoms with van der Waals surface area (Å²) in [7, 11) is 0. The zero-order valence-electron chi connectivity index (χ0n) is 41.9. The van der Waals surface area contributed by atoms with Crippen LogP contribution in [0.2, 0.25) is 0 Å². The number of aliphatic hydroxyl groups excluding tert-OH is 4. The summed E-state index contributed by atoms with van der Waals surface area (Å²) in [5.74, 6) is -0.579. The van der Waals surface area contributed by atoms with Gasteiger partial charge in [-0.25, -0.2) is 0 Å². The molecule has 1 amide bonds. The maximum atomic E-state index is 12.6. The third-order valence-electron chi connectivity index (χ3n) is 13.5. The van der Waals surface area contributed by atoms with E-state index in [0.717, 1.165) is 38.5 Å². The van der Waals surface area contributed by atoms with Crippen LogP contribution >= 0.6 is 0 Å². The second kappa shape index (κ2) is 51.0. The summed E-state index contributed by atoms with van der Waals surface area (Å²) in [6.07, 6.45) is 59.9. The number of carbonyl (C=O) groups excluding carboxylic acids is 1. The molecule has 4 unspecified atom stereocenters. The first-order chi connectivity index (χ1) is 30.5. The van der Waals surface area contributed by atoms with Crippen molar-refractivity contribution in [3.8, 4) is 0 Å². The van der Waals surface area contributed by atoms with E-state index in [1.807, 2.05) is 0 Å². The number of hydrogen-bond acceptors (Lipinski definition) is 5. The molecule has 0 saturated carbocycles. The van der Waals surface area contributed by atoms with E-state index in [-0.39, 0.29) is 0 Å². The molecule has 62 heavy (non-hydrogen) atoms. The fourth-order valence-corrected chi connectivity index (χ4v) is 9.05. The molecule has 0 aromatic carbocycles. The third kappa shape index (κ3) is 44.3. The van der Waals surface area contributed by atoms with Crippen molar-refractivity contribution in [1.82, 2.24) is 5.32 Å². The molecular formula is C56H111NO5. The van der Waals surface area contributed by atoms with Crippen LogP contribution in [0.3, 0.4) is 0 Å². The third-order valence-corrected chi connectivity index (χ3v) is 13.5. The highest BCUT2D eigenvalue weighted by Crippen LogP contribution is 2.18. The van der Waals surface area contributed by atoms with Gasteiger partial charge in [-0.05, 0) is 38.5 Å². The van der Waals surface area contributed by atoms with E-state index in [2.05, 4.69) is 31.3 Å². The van der Waals surface area contributed by atoms with Crippen LogP contribution in [-0.4, -0.2) is 57.3 Å². The highest BCUT2D eigenvalue weighted by atomic mass is 16.3. The van der Waals surface area contributed by atoms with E-state index < -0.39 is 36.9 Å². The van der Waals surface area contributed by atoms with Crippen molar-refractivity contribution in [2.75, 3.05) is 6.61 Å². The van der Waals surface area contributed by atoms with E-state index in [1.165, 1.54) is 244 Å². The van der Waals surface area contributed by atoms with Crippen LogP contribution in [0.5, 0.6) is 0 Å². The number of hydrogen-bond donors (Lipinski definition) is 5. The quantitative estimate of drug-likeness (QED) is 0.0309. The van der Waals surface area contributed by atoms with E-state index in [9.17, 15) is 25.2 Å². The van der Waals surface area contributed by atoms with E-state index in [1.54, 1.807) is 0 Å². The average Bonchev–Trinajstić information content (AvgIpc) is 3.28. The van der Waals surface area contributed by atoms with Gasteiger partial charge in [0.25, 0.3) is 0 Å². The average molecular weight is 879 g/mol. The Morgan fingerprint density at radius 2 is 0.645 bits per heavy atom. The van der Waals surface area contributed by atoms with Gasteiger partial charge in [-0.3, -0.25) is 4.79 Å². The standard InChI is InChI=1S/C56H111NO5/c1-3-5-7-9-11-13-15-17-19-21-23-25-26-27-28-29-30-32-34-36-38-40-42-44-46-48-50-54(60)56(62)57-52(51-58)55(61)53(59)49-47-45-43-41-39-37-35-33-31-24-22-20-18-16-14-12-10-8-6-4-2/h27-28,52-55,58-61H,3-26,29-51H2,1-2H3,(H,57,62)/b28-27-. The molecule has 0 aliphatic rings. The number of allylic oxidation sites excluding steroid dienone is 2. The SMILES string of the molecule is CCCCCCCCCCCCCC/C=C\CCCCCCCCCCCCC(O)C(=O)NC(CO)C(O)C(O)CCCCCCCCCCCCCCCCCCCCCC. The van der Waals surface area contributed by atoms with E-state index in [4.69, 9.17) is 0 Å². The summed E-state index contributed by atoms with van der Waals surface area (Å²) in [4.78, 5) is 12.6. The molecule has 0 radical (unpaired) electrons. The molecule has 6 heteroatoms. The molecule has 0 spiro atoms. The fraction of sp³-hybridized carbons (Fsp3) is 0.946. The molecule has 6 nitrogen and oxygen atoms in total. The van der Waals surface area contributed by atoms with Crippen LogP contribution in [0.1, 0.15) is 309 Å². The number of nitrogens with one attached hydrogen (secondary N) is 1. The van der Waals surface area contributed by atoms with Crippen molar-refractivity contribution < 1.29 is 25.2 Å². The highest BCUT2D eigenvalue weighted by Gasteiger charge is 2.28. The normalized spacial score (nSPS) is 13.8. The summed E-state index contributed by atoms with van der Waals surface area (Å²) in [6, 6.07) is -0.984. The lowest BCUT2D eigenvalue weighted by molar-refractivity contribution is -0.132. The second-order valence-corrected chi connectivity index (χ2v) is 19.6. The number of carbonyl (C=O) groups is 1. The Morgan fingerprint density at radius 3 is 0.935 bits per heavy atom. The summed E-state index contributed by atoms with van der Waals surface area (Å²) in [5, 5.41) is 44.0. The predicted octanol–water partition coefficient (Wildman–Crippen LogP) is 16.1. The molecule has 0 aromatic rings. The summed E-state index contributed by atoms with van der Waals surface area (Å²) in [6.45, 7) is 4.09. The van der Waals surface area contributed by atoms with Gasteiger partial charge in [0.05, 0.1) is 18.8 Å². The molecule has 0 heterocycles. The molecule has 0 aromatic heterocycles. The molecule has 0 aliphatic heterocycles. The first kappa shape index (κ1) is 61.0. The smallest absolute Gasteiger partial charge is 0.249 e. The summed E-state index contributed by atoms with van der Waals surface area (Å²) < 4.78 is 0. The zero-order valence-corrected chi connectivity index (χ0v) is 41.9. The predicted molar refractivity (Wildman–Crippen MR) is 270 cm³/mol. The highest BCUT2D eigenvalue weighted by molar-refractivity contribution is 5.80. The Balaban J connectivity index is 3.61. The molecule has 0 aliphatic carbocycles. The summed E-state index contributed by atoms with van der Waals surface area (Å²) >= 11 is 0. The lowest BCUT2D eigenvalue weighted by Crippen LogP contribution is -2.53. The molecule has 370 valence electrons. The Bertz CT molecular complexity index is 898. The largest absolute Gasteiger partial charge is 0.394 e. The van der Waals surface area contributed by atoms with E-state index in [0.29, 0.717) is 12.8 Å². The van der Waals surface area contributed by atoms with Crippen LogP contribution < -0.4 is 5.32 Å².